The Labute approximate surface area is 152 Å². The molecule has 0 spiro atoms. The fraction of sp³-hybridized carbons (Fsp3) is 0.474. The molecule has 2 atom stereocenters. The molecule has 7 heteroatoms. The van der Waals surface area contributed by atoms with Crippen LogP contribution in [0.25, 0.3) is 10.9 Å². The highest BCUT2D eigenvalue weighted by Crippen LogP contribution is 2.30. The molecule has 3 N–H and O–H groups in total. The van der Waals surface area contributed by atoms with E-state index in [0.29, 0.717) is 19.5 Å². The Kier molecular flexibility index (Phi) is 5.06. The zero-order valence-corrected chi connectivity index (χ0v) is 15.3. The van der Waals surface area contributed by atoms with Crippen LogP contribution >= 0.6 is 0 Å². The van der Waals surface area contributed by atoms with Crippen LogP contribution in [0, 0.1) is 5.92 Å². The number of urea groups is 1. The molecule has 0 unspecified atom stereocenters. The number of amides is 2. The molecule has 1 aromatic carbocycles. The van der Waals surface area contributed by atoms with E-state index in [1.54, 1.807) is 12.0 Å². The van der Waals surface area contributed by atoms with Crippen LogP contribution in [-0.2, 0) is 17.8 Å². The predicted octanol–water partition coefficient (Wildman–Crippen LogP) is 2.74. The normalized spacial score (nSPS) is 16.0. The molecule has 0 saturated heterocycles. The lowest BCUT2D eigenvalue weighted by atomic mass is 9.99. The number of hydrogen-bond acceptors (Lipinski definition) is 3. The maximum absolute atomic E-state index is 12.6. The van der Waals surface area contributed by atoms with Crippen LogP contribution < -0.4 is 10.1 Å². The van der Waals surface area contributed by atoms with E-state index in [2.05, 4.69) is 10.3 Å². The molecule has 3 rings (SSSR count). The molecule has 0 radical (unpaired) electrons. The number of hydrogen-bond donors (Lipinski definition) is 3. The van der Waals surface area contributed by atoms with Crippen molar-refractivity contribution in [1.29, 1.82) is 0 Å². The first-order valence-corrected chi connectivity index (χ1v) is 8.90. The number of methoxy groups -OCH3 is 1. The topological polar surface area (TPSA) is 94.7 Å². The lowest BCUT2D eigenvalue weighted by Gasteiger charge is -2.30. The molecule has 0 fully saturated rings. The number of fused-ring (bicyclic) bond motifs is 3. The predicted molar refractivity (Wildman–Crippen MR) is 98.4 cm³/mol. The van der Waals surface area contributed by atoms with Gasteiger partial charge in [0.25, 0.3) is 0 Å². The van der Waals surface area contributed by atoms with Gasteiger partial charge < -0.3 is 25.0 Å². The third-order valence-corrected chi connectivity index (χ3v) is 5.23. The average molecular weight is 359 g/mol. The van der Waals surface area contributed by atoms with Gasteiger partial charge in [-0.05, 0) is 36.1 Å². The fourth-order valence-electron chi connectivity index (χ4n) is 3.43. The Morgan fingerprint density at radius 1 is 1.42 bits per heavy atom. The molecule has 0 bridgehead atoms. The largest absolute Gasteiger partial charge is 0.497 e. The van der Waals surface area contributed by atoms with Crippen molar-refractivity contribution in [3.63, 3.8) is 0 Å². The van der Waals surface area contributed by atoms with Crippen molar-refractivity contribution in [2.45, 2.75) is 39.3 Å². The molecule has 7 nitrogen and oxygen atoms in total. The van der Waals surface area contributed by atoms with Gasteiger partial charge in [-0.1, -0.05) is 20.3 Å². The van der Waals surface area contributed by atoms with Crippen LogP contribution in [0.15, 0.2) is 18.2 Å². The standard InChI is InChI=1S/C19H25N3O4/c1-4-11(2)17(18(23)24)21-19(25)22-8-7-13-14-9-12(26-3)5-6-15(14)20-16(13)10-22/h5-6,9,11,17,20H,4,7-8,10H2,1-3H3,(H,21,25)(H,23,24)/t11-,17+/m0/s1. The number of carbonyl (C=O) groups is 2. The summed E-state index contributed by atoms with van der Waals surface area (Å²) in [7, 11) is 1.64. The number of benzene rings is 1. The highest BCUT2D eigenvalue weighted by atomic mass is 16.5. The van der Waals surface area contributed by atoms with Crippen molar-refractivity contribution in [2.24, 2.45) is 5.92 Å². The molecule has 0 saturated carbocycles. The van der Waals surface area contributed by atoms with Crippen molar-refractivity contribution in [2.75, 3.05) is 13.7 Å². The second-order valence-corrected chi connectivity index (χ2v) is 6.82. The molecule has 2 aromatic rings. The summed E-state index contributed by atoms with van der Waals surface area (Å²) in [4.78, 5) is 29.0. The van der Waals surface area contributed by atoms with Gasteiger partial charge in [-0.25, -0.2) is 9.59 Å². The number of nitrogens with zero attached hydrogens (tertiary/aromatic N) is 1. The molecule has 2 heterocycles. The average Bonchev–Trinajstić information content (AvgIpc) is 3.01. The zero-order valence-electron chi connectivity index (χ0n) is 15.3. The van der Waals surface area contributed by atoms with Crippen LogP contribution in [-0.4, -0.2) is 46.7 Å². The number of H-pyrrole nitrogens is 1. The van der Waals surface area contributed by atoms with E-state index in [9.17, 15) is 14.7 Å². The lowest BCUT2D eigenvalue weighted by molar-refractivity contribution is -0.140. The highest BCUT2D eigenvalue weighted by molar-refractivity contribution is 5.87. The number of carbonyl (C=O) groups excluding carboxylic acids is 1. The molecular formula is C19H25N3O4. The van der Waals surface area contributed by atoms with Crippen LogP contribution in [0.2, 0.25) is 0 Å². The SMILES string of the molecule is CC[C@H](C)[C@@H](NC(=O)N1CCc2c([nH]c3ccc(OC)cc23)C1)C(=O)O. The number of aliphatic carboxylic acids is 1. The smallest absolute Gasteiger partial charge is 0.326 e. The maximum atomic E-state index is 12.6. The second-order valence-electron chi connectivity index (χ2n) is 6.82. The Balaban J connectivity index is 1.77. The minimum atomic E-state index is -0.997. The summed E-state index contributed by atoms with van der Waals surface area (Å²) in [6.07, 6.45) is 1.40. The number of carboxylic acid groups (broad SMARTS) is 1. The summed E-state index contributed by atoms with van der Waals surface area (Å²) in [5.41, 5.74) is 3.20. The maximum Gasteiger partial charge on any atom is 0.326 e. The summed E-state index contributed by atoms with van der Waals surface area (Å²) in [6, 6.07) is 4.67. The number of aromatic nitrogens is 1. The number of rotatable bonds is 5. The first-order chi connectivity index (χ1) is 12.4. The molecular weight excluding hydrogens is 334 g/mol. The Morgan fingerprint density at radius 2 is 2.19 bits per heavy atom. The highest BCUT2D eigenvalue weighted by Gasteiger charge is 2.29. The Bertz CT molecular complexity index is 830. The minimum absolute atomic E-state index is 0.127. The second kappa shape index (κ2) is 7.27. The first-order valence-electron chi connectivity index (χ1n) is 8.90. The van der Waals surface area contributed by atoms with Crippen LogP contribution in [0.5, 0.6) is 5.75 Å². The van der Waals surface area contributed by atoms with Gasteiger partial charge in [0.05, 0.1) is 13.7 Å². The van der Waals surface area contributed by atoms with E-state index in [0.717, 1.165) is 28.8 Å². The van der Waals surface area contributed by atoms with Gasteiger partial charge >= 0.3 is 12.0 Å². The van der Waals surface area contributed by atoms with Gasteiger partial charge in [-0.2, -0.15) is 0 Å². The number of ether oxygens (including phenoxy) is 1. The van der Waals surface area contributed by atoms with Crippen molar-refractivity contribution in [3.8, 4) is 5.75 Å². The van der Waals surface area contributed by atoms with E-state index < -0.39 is 12.0 Å². The molecule has 2 amide bonds. The van der Waals surface area contributed by atoms with Crippen LogP contribution in [0.1, 0.15) is 31.5 Å². The fourth-order valence-corrected chi connectivity index (χ4v) is 3.43. The summed E-state index contributed by atoms with van der Waals surface area (Å²) in [6.45, 7) is 4.73. The quantitative estimate of drug-likeness (QED) is 0.765. The van der Waals surface area contributed by atoms with Gasteiger partial charge in [-0.15, -0.1) is 0 Å². The van der Waals surface area contributed by atoms with E-state index in [-0.39, 0.29) is 11.9 Å². The Hall–Kier alpha value is -2.70. The van der Waals surface area contributed by atoms with Crippen LogP contribution in [0.4, 0.5) is 4.79 Å². The number of carboxylic acids is 1. The molecule has 140 valence electrons. The van der Waals surface area contributed by atoms with Gasteiger partial charge in [-0.3, -0.25) is 0 Å². The first kappa shape index (κ1) is 18.1. The molecule has 0 aliphatic carbocycles. The van der Waals surface area contributed by atoms with Crippen LogP contribution in [0.3, 0.4) is 0 Å². The molecule has 1 aliphatic rings. The van der Waals surface area contributed by atoms with Gasteiger partial charge in [0.1, 0.15) is 11.8 Å². The minimum Gasteiger partial charge on any atom is -0.497 e. The third kappa shape index (κ3) is 3.34. The summed E-state index contributed by atoms with van der Waals surface area (Å²) < 4.78 is 5.30. The molecule has 1 aromatic heterocycles. The summed E-state index contributed by atoms with van der Waals surface area (Å²) in [5, 5.41) is 13.2. The van der Waals surface area contributed by atoms with Crippen molar-refractivity contribution in [1.82, 2.24) is 15.2 Å². The zero-order chi connectivity index (χ0) is 18.8. The van der Waals surface area contributed by atoms with E-state index >= 15 is 0 Å². The van der Waals surface area contributed by atoms with Crippen molar-refractivity contribution >= 4 is 22.9 Å². The number of nitrogens with one attached hydrogen (secondary N) is 2. The Morgan fingerprint density at radius 3 is 2.85 bits per heavy atom. The molecule has 26 heavy (non-hydrogen) atoms. The van der Waals surface area contributed by atoms with Crippen molar-refractivity contribution < 1.29 is 19.4 Å². The van der Waals surface area contributed by atoms with Gasteiger partial charge in [0, 0.05) is 23.1 Å². The monoisotopic (exact) mass is 359 g/mol. The van der Waals surface area contributed by atoms with Gasteiger partial charge in [0.15, 0.2) is 0 Å². The van der Waals surface area contributed by atoms with Crippen molar-refractivity contribution in [3.05, 3.63) is 29.5 Å². The van der Waals surface area contributed by atoms with Gasteiger partial charge in [0.2, 0.25) is 0 Å². The van der Waals surface area contributed by atoms with E-state index in [4.69, 9.17) is 4.74 Å². The third-order valence-electron chi connectivity index (χ3n) is 5.23. The number of aromatic amines is 1. The summed E-state index contributed by atoms with van der Waals surface area (Å²) >= 11 is 0. The van der Waals surface area contributed by atoms with E-state index in [1.165, 1.54) is 5.56 Å². The van der Waals surface area contributed by atoms with E-state index in [1.807, 2.05) is 32.0 Å². The summed E-state index contributed by atoms with van der Waals surface area (Å²) in [5.74, 6) is -0.322. The lowest BCUT2D eigenvalue weighted by Crippen LogP contribution is -2.51. The molecule has 1 aliphatic heterocycles.